The SMILES string of the molecule is CN1C(=S)[C@@H](CCCCC(=O)c2ncn(Cc3ccccc3)n2)COc2cc(Cl)cnc21. The largest absolute Gasteiger partial charge is 0.489 e. The summed E-state index contributed by atoms with van der Waals surface area (Å²) in [5, 5.41) is 4.86. The zero-order chi connectivity index (χ0) is 22.5. The number of fused-ring (bicyclic) bond motifs is 1. The molecule has 7 nitrogen and oxygen atoms in total. The van der Waals surface area contributed by atoms with Crippen LogP contribution in [0.25, 0.3) is 0 Å². The van der Waals surface area contributed by atoms with Crippen LogP contribution in [0.4, 0.5) is 5.82 Å². The van der Waals surface area contributed by atoms with E-state index in [0.717, 1.165) is 29.8 Å². The number of ketones is 1. The predicted octanol–water partition coefficient (Wildman–Crippen LogP) is 4.59. The highest BCUT2D eigenvalue weighted by molar-refractivity contribution is 7.80. The molecule has 3 aromatic rings. The Morgan fingerprint density at radius 3 is 2.88 bits per heavy atom. The maximum absolute atomic E-state index is 12.5. The number of nitrogens with zero attached hydrogens (tertiary/aromatic N) is 5. The van der Waals surface area contributed by atoms with Crippen LogP contribution in [-0.4, -0.2) is 44.2 Å². The minimum absolute atomic E-state index is 0.0418. The van der Waals surface area contributed by atoms with Crippen molar-refractivity contribution in [1.29, 1.82) is 0 Å². The number of rotatable bonds is 8. The van der Waals surface area contributed by atoms with E-state index in [1.54, 1.807) is 23.3 Å². The Labute approximate surface area is 197 Å². The molecule has 32 heavy (non-hydrogen) atoms. The summed E-state index contributed by atoms with van der Waals surface area (Å²) < 4.78 is 7.61. The highest BCUT2D eigenvalue weighted by Gasteiger charge is 2.27. The minimum atomic E-state index is -0.0418. The van der Waals surface area contributed by atoms with Crippen LogP contribution in [0.15, 0.2) is 48.9 Å². The number of benzene rings is 1. The lowest BCUT2D eigenvalue weighted by atomic mass is 10.0. The molecule has 1 atom stereocenters. The van der Waals surface area contributed by atoms with E-state index >= 15 is 0 Å². The first kappa shape index (κ1) is 22.4. The Morgan fingerprint density at radius 2 is 2.06 bits per heavy atom. The van der Waals surface area contributed by atoms with Crippen LogP contribution < -0.4 is 9.64 Å². The van der Waals surface area contributed by atoms with Gasteiger partial charge < -0.3 is 9.64 Å². The van der Waals surface area contributed by atoms with E-state index in [1.807, 2.05) is 42.3 Å². The molecule has 0 spiro atoms. The van der Waals surface area contributed by atoms with Crippen LogP contribution in [0.3, 0.4) is 0 Å². The van der Waals surface area contributed by atoms with Crippen LogP contribution in [0.2, 0.25) is 5.02 Å². The van der Waals surface area contributed by atoms with Crippen LogP contribution in [0.5, 0.6) is 5.75 Å². The van der Waals surface area contributed by atoms with Gasteiger partial charge in [0.25, 0.3) is 0 Å². The van der Waals surface area contributed by atoms with Gasteiger partial charge in [-0.15, -0.1) is 5.10 Å². The summed E-state index contributed by atoms with van der Waals surface area (Å²) in [6.07, 6.45) is 6.02. The number of aromatic nitrogens is 4. The topological polar surface area (TPSA) is 73.1 Å². The van der Waals surface area contributed by atoms with E-state index in [-0.39, 0.29) is 17.5 Å². The van der Waals surface area contributed by atoms with Crippen molar-refractivity contribution in [2.75, 3.05) is 18.6 Å². The second-order valence-electron chi connectivity index (χ2n) is 7.80. The Hall–Kier alpha value is -2.84. The van der Waals surface area contributed by atoms with Crippen LogP contribution in [0, 0.1) is 5.92 Å². The van der Waals surface area contributed by atoms with Gasteiger partial charge in [-0.3, -0.25) is 4.79 Å². The molecule has 3 heterocycles. The smallest absolute Gasteiger partial charge is 0.217 e. The highest BCUT2D eigenvalue weighted by Crippen LogP contribution is 2.33. The fourth-order valence-corrected chi connectivity index (χ4v) is 4.10. The van der Waals surface area contributed by atoms with Gasteiger partial charge in [0.2, 0.25) is 11.6 Å². The first-order valence-electron chi connectivity index (χ1n) is 10.5. The van der Waals surface area contributed by atoms with Gasteiger partial charge in [0.1, 0.15) is 6.33 Å². The van der Waals surface area contributed by atoms with Crippen molar-refractivity contribution in [1.82, 2.24) is 19.7 Å². The molecule has 9 heteroatoms. The first-order valence-corrected chi connectivity index (χ1v) is 11.3. The second-order valence-corrected chi connectivity index (χ2v) is 8.66. The van der Waals surface area contributed by atoms with E-state index < -0.39 is 0 Å². The molecule has 1 aliphatic rings. The van der Waals surface area contributed by atoms with Crippen LogP contribution in [-0.2, 0) is 6.54 Å². The normalized spacial score (nSPS) is 15.8. The molecule has 0 N–H and O–H groups in total. The van der Waals surface area contributed by atoms with E-state index in [4.69, 9.17) is 28.6 Å². The maximum Gasteiger partial charge on any atom is 0.217 e. The Bertz CT molecular complexity index is 1100. The van der Waals surface area contributed by atoms with Crippen molar-refractivity contribution < 1.29 is 9.53 Å². The molecule has 1 aliphatic heterocycles. The van der Waals surface area contributed by atoms with E-state index in [2.05, 4.69) is 15.1 Å². The summed E-state index contributed by atoms with van der Waals surface area (Å²) in [6, 6.07) is 11.7. The molecule has 0 saturated heterocycles. The van der Waals surface area contributed by atoms with Crippen molar-refractivity contribution in [3.63, 3.8) is 0 Å². The number of halogens is 1. The van der Waals surface area contributed by atoms with E-state index in [0.29, 0.717) is 36.2 Å². The predicted molar refractivity (Wildman–Crippen MR) is 128 cm³/mol. The quantitative estimate of drug-likeness (QED) is 0.271. The number of thiocarbonyl (C=S) groups is 1. The fourth-order valence-electron chi connectivity index (χ4n) is 3.68. The van der Waals surface area contributed by atoms with Crippen LogP contribution in [0.1, 0.15) is 41.9 Å². The molecule has 0 bridgehead atoms. The number of ether oxygens (including phenoxy) is 1. The van der Waals surface area contributed by atoms with Crippen molar-refractivity contribution in [3.8, 4) is 5.75 Å². The Kier molecular flexibility index (Phi) is 7.12. The number of Topliss-reactive ketones (excluding diaryl/α,β-unsaturated/α-hetero) is 1. The number of carbonyl (C=O) groups excluding carboxylic acids is 1. The number of pyridine rings is 1. The molecule has 4 rings (SSSR count). The molecule has 0 saturated carbocycles. The zero-order valence-corrected chi connectivity index (χ0v) is 19.3. The average Bonchev–Trinajstić information content (AvgIpc) is 3.22. The Balaban J connectivity index is 1.25. The monoisotopic (exact) mass is 469 g/mol. The minimum Gasteiger partial charge on any atom is -0.489 e. The van der Waals surface area contributed by atoms with Crippen molar-refractivity contribution in [2.45, 2.75) is 32.2 Å². The number of anilines is 1. The third-order valence-electron chi connectivity index (χ3n) is 5.42. The molecule has 1 aromatic carbocycles. The summed E-state index contributed by atoms with van der Waals surface area (Å²) in [5.74, 6) is 1.61. The van der Waals surface area contributed by atoms with Crippen molar-refractivity contribution in [2.24, 2.45) is 5.92 Å². The highest BCUT2D eigenvalue weighted by atomic mass is 35.5. The molecule has 2 aromatic heterocycles. The molecule has 0 amide bonds. The summed E-state index contributed by atoms with van der Waals surface area (Å²) in [4.78, 5) is 23.7. The molecular weight excluding hydrogens is 446 g/mol. The lowest BCUT2D eigenvalue weighted by Gasteiger charge is -2.21. The summed E-state index contributed by atoms with van der Waals surface area (Å²) >= 11 is 11.7. The zero-order valence-electron chi connectivity index (χ0n) is 17.8. The van der Waals surface area contributed by atoms with Gasteiger partial charge in [0, 0.05) is 31.6 Å². The number of carbonyl (C=O) groups is 1. The third-order valence-corrected chi connectivity index (χ3v) is 6.23. The van der Waals surface area contributed by atoms with Gasteiger partial charge >= 0.3 is 0 Å². The number of hydrogen-bond acceptors (Lipinski definition) is 6. The van der Waals surface area contributed by atoms with Gasteiger partial charge in [0.05, 0.1) is 23.2 Å². The van der Waals surface area contributed by atoms with E-state index in [1.165, 1.54) is 0 Å². The van der Waals surface area contributed by atoms with Gasteiger partial charge in [-0.1, -0.05) is 60.6 Å². The second kappa shape index (κ2) is 10.2. The summed E-state index contributed by atoms with van der Waals surface area (Å²) in [7, 11) is 1.89. The van der Waals surface area contributed by atoms with Crippen molar-refractivity contribution in [3.05, 3.63) is 65.3 Å². The maximum atomic E-state index is 12.5. The molecule has 0 unspecified atom stereocenters. The van der Waals surface area contributed by atoms with E-state index in [9.17, 15) is 4.79 Å². The summed E-state index contributed by atoms with van der Waals surface area (Å²) in [6.45, 7) is 1.06. The van der Waals surface area contributed by atoms with Gasteiger partial charge in [-0.05, 0) is 18.4 Å². The molecule has 0 fully saturated rings. The van der Waals surface area contributed by atoms with Crippen molar-refractivity contribution >= 4 is 40.4 Å². The van der Waals surface area contributed by atoms with Gasteiger partial charge in [0.15, 0.2) is 11.6 Å². The Morgan fingerprint density at radius 1 is 1.25 bits per heavy atom. The molecule has 0 radical (unpaired) electrons. The van der Waals surface area contributed by atoms with Gasteiger partial charge in [-0.2, -0.15) is 0 Å². The lowest BCUT2D eigenvalue weighted by molar-refractivity contribution is 0.0968. The third kappa shape index (κ3) is 5.31. The van der Waals surface area contributed by atoms with Crippen LogP contribution >= 0.6 is 23.8 Å². The summed E-state index contributed by atoms with van der Waals surface area (Å²) in [5.41, 5.74) is 1.11. The first-order chi connectivity index (χ1) is 15.5. The van der Waals surface area contributed by atoms with Gasteiger partial charge in [-0.25, -0.2) is 14.6 Å². The molecule has 0 aliphatic carbocycles. The lowest BCUT2D eigenvalue weighted by Crippen LogP contribution is -2.32. The molecule has 166 valence electrons. The standard InChI is InChI=1S/C23H24ClN5O2S/c1-28-22-20(11-18(24)12-25-22)31-14-17(23(28)32)9-5-6-10-19(30)21-26-15-29(27-21)13-16-7-3-2-4-8-16/h2-4,7-8,11-12,15,17H,5-6,9-10,13-14H2,1H3/t17-/m0/s1. The fraction of sp³-hybridized carbons (Fsp3) is 0.348. The molecular formula is C23H24ClN5O2S. The number of unbranched alkanes of at least 4 members (excludes halogenated alkanes) is 1. The average molecular weight is 470 g/mol. The number of hydrogen-bond donors (Lipinski definition) is 0.